The first kappa shape index (κ1) is 16.4. The quantitative estimate of drug-likeness (QED) is 0.482. The molecule has 0 bridgehead atoms. The topological polar surface area (TPSA) is 46.2 Å². The van der Waals surface area contributed by atoms with Crippen molar-refractivity contribution in [2.24, 2.45) is 0 Å². The van der Waals surface area contributed by atoms with Crippen LogP contribution in [-0.4, -0.2) is 11.7 Å². The van der Waals surface area contributed by atoms with Crippen LogP contribution in [0.2, 0.25) is 0 Å². The number of hydrogen-bond acceptors (Lipinski definition) is 2. The van der Waals surface area contributed by atoms with Crippen LogP contribution in [0, 0.1) is 3.57 Å². The van der Waals surface area contributed by atoms with Gasteiger partial charge in [0.1, 0.15) is 0 Å². The van der Waals surface area contributed by atoms with E-state index >= 15 is 0 Å². The maximum atomic E-state index is 12.4. The van der Waals surface area contributed by atoms with Crippen molar-refractivity contribution in [2.45, 2.75) is 0 Å². The molecule has 0 aromatic heterocycles. The number of nitrogens with one attached hydrogen (secondary N) is 1. The smallest absolute Gasteiger partial charge is 0.256 e. The van der Waals surface area contributed by atoms with Gasteiger partial charge in [-0.25, -0.2) is 0 Å². The fraction of sp³-hybridized carbons (Fsp3) is 0. The minimum atomic E-state index is -0.165. The number of carbonyl (C=O) groups is 2. The molecule has 3 aromatic rings. The zero-order valence-electron chi connectivity index (χ0n) is 12.7. The number of rotatable bonds is 4. The molecule has 0 saturated heterocycles. The van der Waals surface area contributed by atoms with Crippen molar-refractivity contribution in [3.63, 3.8) is 0 Å². The molecule has 24 heavy (non-hydrogen) atoms. The number of carbonyl (C=O) groups excluding carboxylic acids is 2. The summed E-state index contributed by atoms with van der Waals surface area (Å²) in [5.41, 5.74) is 2.52. The van der Waals surface area contributed by atoms with E-state index in [4.69, 9.17) is 0 Å². The zero-order chi connectivity index (χ0) is 16.9. The Hall–Kier alpha value is -2.47. The average molecular weight is 427 g/mol. The molecule has 0 aliphatic carbocycles. The molecule has 118 valence electrons. The van der Waals surface area contributed by atoms with E-state index in [9.17, 15) is 9.59 Å². The van der Waals surface area contributed by atoms with E-state index in [1.165, 1.54) is 0 Å². The lowest BCUT2D eigenvalue weighted by molar-refractivity contribution is 0.102. The molecular weight excluding hydrogens is 413 g/mol. The van der Waals surface area contributed by atoms with Gasteiger partial charge in [-0.3, -0.25) is 9.59 Å². The molecule has 0 unspecified atom stereocenters. The molecule has 0 fully saturated rings. The summed E-state index contributed by atoms with van der Waals surface area (Å²) >= 11 is 2.13. The van der Waals surface area contributed by atoms with Crippen molar-refractivity contribution < 1.29 is 9.59 Å². The van der Waals surface area contributed by atoms with Gasteiger partial charge in [0, 0.05) is 20.4 Å². The minimum absolute atomic E-state index is 0.0360. The summed E-state index contributed by atoms with van der Waals surface area (Å²) in [6, 6.07) is 23.4. The highest BCUT2D eigenvalue weighted by Gasteiger charge is 2.11. The molecule has 3 aromatic carbocycles. The van der Waals surface area contributed by atoms with Gasteiger partial charge in [-0.1, -0.05) is 42.5 Å². The Morgan fingerprint density at radius 3 is 1.96 bits per heavy atom. The van der Waals surface area contributed by atoms with Gasteiger partial charge in [-0.2, -0.15) is 0 Å². The van der Waals surface area contributed by atoms with Gasteiger partial charge in [0.2, 0.25) is 0 Å². The molecule has 1 amide bonds. The second-order valence-electron chi connectivity index (χ2n) is 5.21. The molecule has 0 spiro atoms. The van der Waals surface area contributed by atoms with Crippen molar-refractivity contribution in [2.75, 3.05) is 5.32 Å². The number of benzene rings is 3. The van der Waals surface area contributed by atoms with Crippen molar-refractivity contribution in [1.29, 1.82) is 0 Å². The maximum Gasteiger partial charge on any atom is 0.256 e. The number of hydrogen-bond donors (Lipinski definition) is 1. The molecule has 0 saturated carbocycles. The molecule has 0 atom stereocenters. The van der Waals surface area contributed by atoms with E-state index in [-0.39, 0.29) is 11.7 Å². The van der Waals surface area contributed by atoms with Crippen LogP contribution in [0.15, 0.2) is 78.9 Å². The number of ketones is 1. The van der Waals surface area contributed by atoms with Crippen LogP contribution in [0.1, 0.15) is 26.3 Å². The van der Waals surface area contributed by atoms with E-state index in [0.29, 0.717) is 22.4 Å². The van der Waals surface area contributed by atoms with E-state index in [1.807, 2.05) is 36.4 Å². The van der Waals surface area contributed by atoms with Gasteiger partial charge < -0.3 is 5.32 Å². The van der Waals surface area contributed by atoms with Crippen molar-refractivity contribution in [3.05, 3.63) is 99.1 Å². The van der Waals surface area contributed by atoms with Gasteiger partial charge >= 0.3 is 0 Å². The predicted octanol–water partition coefficient (Wildman–Crippen LogP) is 4.77. The highest BCUT2D eigenvalue weighted by Crippen LogP contribution is 2.17. The summed E-state index contributed by atoms with van der Waals surface area (Å²) < 4.78 is 0.892. The first-order valence-electron chi connectivity index (χ1n) is 7.41. The van der Waals surface area contributed by atoms with Crippen LogP contribution in [0.25, 0.3) is 0 Å². The Morgan fingerprint density at radius 2 is 1.29 bits per heavy atom. The summed E-state index contributed by atoms with van der Waals surface area (Å²) in [5, 5.41) is 2.85. The lowest BCUT2D eigenvalue weighted by atomic mass is 10.0. The third-order valence-corrected chi connectivity index (χ3v) is 4.50. The van der Waals surface area contributed by atoms with Gasteiger partial charge in [-0.15, -0.1) is 0 Å². The van der Waals surface area contributed by atoms with Crippen LogP contribution in [-0.2, 0) is 0 Å². The lowest BCUT2D eigenvalue weighted by Crippen LogP contribution is -2.13. The Kier molecular flexibility index (Phi) is 5.05. The van der Waals surface area contributed by atoms with Crippen molar-refractivity contribution in [3.8, 4) is 0 Å². The molecule has 0 radical (unpaired) electrons. The van der Waals surface area contributed by atoms with Gasteiger partial charge in [0.05, 0.1) is 5.56 Å². The molecular formula is C20H14INO2. The van der Waals surface area contributed by atoms with Gasteiger partial charge in [0.25, 0.3) is 5.91 Å². The fourth-order valence-corrected chi connectivity index (χ4v) is 2.94. The molecule has 1 N–H and O–H groups in total. The van der Waals surface area contributed by atoms with E-state index < -0.39 is 0 Å². The highest BCUT2D eigenvalue weighted by atomic mass is 127. The fourth-order valence-electron chi connectivity index (χ4n) is 2.30. The minimum Gasteiger partial charge on any atom is -0.322 e. The van der Waals surface area contributed by atoms with Crippen LogP contribution in [0.3, 0.4) is 0 Å². The van der Waals surface area contributed by atoms with Crippen LogP contribution < -0.4 is 5.32 Å². The Morgan fingerprint density at radius 1 is 0.708 bits per heavy atom. The van der Waals surface area contributed by atoms with E-state index in [1.54, 1.807) is 42.5 Å². The summed E-state index contributed by atoms with van der Waals surface area (Å²) in [7, 11) is 0. The van der Waals surface area contributed by atoms with Crippen molar-refractivity contribution in [1.82, 2.24) is 0 Å². The molecule has 3 nitrogen and oxygen atoms in total. The summed E-state index contributed by atoms with van der Waals surface area (Å²) in [6.45, 7) is 0. The van der Waals surface area contributed by atoms with Crippen LogP contribution in [0.5, 0.6) is 0 Å². The monoisotopic (exact) mass is 427 g/mol. The first-order valence-corrected chi connectivity index (χ1v) is 8.49. The van der Waals surface area contributed by atoms with Crippen LogP contribution in [0.4, 0.5) is 5.69 Å². The Bertz CT molecular complexity index is 874. The normalized spacial score (nSPS) is 10.2. The number of anilines is 1. The van der Waals surface area contributed by atoms with Gasteiger partial charge in [0.15, 0.2) is 5.78 Å². The molecule has 0 aliphatic rings. The highest BCUT2D eigenvalue weighted by molar-refractivity contribution is 14.1. The lowest BCUT2D eigenvalue weighted by Gasteiger charge is -2.08. The molecule has 4 heteroatoms. The summed E-state index contributed by atoms with van der Waals surface area (Å²) in [4.78, 5) is 24.6. The van der Waals surface area contributed by atoms with E-state index in [0.717, 1.165) is 3.57 Å². The number of halogens is 1. The SMILES string of the molecule is O=C(c1ccccc1)c1ccc(NC(=O)c2ccccc2I)cc1. The zero-order valence-corrected chi connectivity index (χ0v) is 14.9. The second-order valence-corrected chi connectivity index (χ2v) is 6.37. The van der Waals surface area contributed by atoms with Gasteiger partial charge in [-0.05, 0) is 59.0 Å². The number of amides is 1. The second kappa shape index (κ2) is 7.40. The molecule has 0 aliphatic heterocycles. The third kappa shape index (κ3) is 3.71. The van der Waals surface area contributed by atoms with Crippen molar-refractivity contribution >= 4 is 40.0 Å². The van der Waals surface area contributed by atoms with E-state index in [2.05, 4.69) is 27.9 Å². The first-order chi connectivity index (χ1) is 11.6. The summed E-state index contributed by atoms with van der Waals surface area (Å²) in [5.74, 6) is -0.201. The molecule has 3 rings (SSSR count). The summed E-state index contributed by atoms with van der Waals surface area (Å²) in [6.07, 6.45) is 0. The molecule has 0 heterocycles. The third-order valence-electron chi connectivity index (χ3n) is 3.56. The largest absolute Gasteiger partial charge is 0.322 e. The van der Waals surface area contributed by atoms with Crippen LogP contribution >= 0.6 is 22.6 Å². The average Bonchev–Trinajstić information content (AvgIpc) is 2.63. The Balaban J connectivity index is 1.74. The predicted molar refractivity (Wildman–Crippen MR) is 103 cm³/mol. The maximum absolute atomic E-state index is 12.4. The Labute approximate surface area is 153 Å². The standard InChI is InChI=1S/C20H14INO2/c21-18-9-5-4-8-17(18)20(24)22-16-12-10-15(11-13-16)19(23)14-6-2-1-3-7-14/h1-13H,(H,22,24).